The third kappa shape index (κ3) is 1.95. The zero-order valence-corrected chi connectivity index (χ0v) is 12.0. The van der Waals surface area contributed by atoms with Crippen molar-refractivity contribution in [3.8, 4) is 0 Å². The molecule has 1 N–H and O–H groups in total. The van der Waals surface area contributed by atoms with Crippen molar-refractivity contribution in [2.45, 2.75) is 38.1 Å². The van der Waals surface area contributed by atoms with E-state index >= 15 is 0 Å². The minimum atomic E-state index is 0.638. The van der Waals surface area contributed by atoms with Crippen LogP contribution in [0.2, 0.25) is 0 Å². The maximum atomic E-state index is 5.66. The minimum absolute atomic E-state index is 0.638. The molecule has 3 aliphatic rings. The summed E-state index contributed by atoms with van der Waals surface area (Å²) in [5.74, 6) is 1.84. The van der Waals surface area contributed by atoms with Crippen molar-refractivity contribution in [1.82, 2.24) is 5.32 Å². The smallest absolute Gasteiger partial charge is 0.173 e. The molecule has 100 valence electrons. The second-order valence-electron chi connectivity index (χ2n) is 6.26. The van der Waals surface area contributed by atoms with Crippen LogP contribution in [0, 0.1) is 11.8 Å². The van der Waals surface area contributed by atoms with Crippen LogP contribution in [-0.2, 0) is 6.42 Å². The summed E-state index contributed by atoms with van der Waals surface area (Å²) < 4.78 is 0. The van der Waals surface area contributed by atoms with E-state index in [1.165, 1.54) is 36.9 Å². The average molecular weight is 272 g/mol. The van der Waals surface area contributed by atoms with Crippen LogP contribution in [-0.4, -0.2) is 17.7 Å². The molecule has 2 saturated carbocycles. The quantitative estimate of drug-likeness (QED) is 0.791. The zero-order valence-electron chi connectivity index (χ0n) is 11.1. The predicted molar refractivity (Wildman–Crippen MR) is 82.5 cm³/mol. The van der Waals surface area contributed by atoms with Gasteiger partial charge >= 0.3 is 0 Å². The van der Waals surface area contributed by atoms with Gasteiger partial charge in [-0.25, -0.2) is 0 Å². The summed E-state index contributed by atoms with van der Waals surface area (Å²) in [5, 5.41) is 4.60. The van der Waals surface area contributed by atoms with Crippen molar-refractivity contribution in [2.24, 2.45) is 11.8 Å². The number of nitrogens with one attached hydrogen (secondary N) is 1. The number of thiocarbonyl (C=S) groups is 1. The highest BCUT2D eigenvalue weighted by atomic mass is 32.1. The zero-order chi connectivity index (χ0) is 12.8. The number of anilines is 1. The Morgan fingerprint density at radius 1 is 1.21 bits per heavy atom. The molecule has 2 fully saturated rings. The molecule has 0 aromatic heterocycles. The van der Waals surface area contributed by atoms with E-state index in [0.717, 1.165) is 29.9 Å². The number of hydrogen-bond donors (Lipinski definition) is 1. The van der Waals surface area contributed by atoms with Gasteiger partial charge in [-0.15, -0.1) is 0 Å². The van der Waals surface area contributed by atoms with Crippen molar-refractivity contribution < 1.29 is 0 Å². The van der Waals surface area contributed by atoms with Gasteiger partial charge in [-0.2, -0.15) is 0 Å². The van der Waals surface area contributed by atoms with Crippen molar-refractivity contribution in [3.05, 3.63) is 29.8 Å². The van der Waals surface area contributed by atoms with Crippen LogP contribution in [0.25, 0.3) is 0 Å². The summed E-state index contributed by atoms with van der Waals surface area (Å²) in [4.78, 5) is 2.29. The average Bonchev–Trinajstić information content (AvgIpc) is 3.13. The van der Waals surface area contributed by atoms with Gasteiger partial charge in [0, 0.05) is 18.3 Å². The third-order valence-corrected chi connectivity index (χ3v) is 5.52. The van der Waals surface area contributed by atoms with Gasteiger partial charge in [0.2, 0.25) is 0 Å². The maximum Gasteiger partial charge on any atom is 0.173 e. The van der Waals surface area contributed by atoms with Crippen LogP contribution in [0.3, 0.4) is 0 Å². The Balaban J connectivity index is 1.47. The highest BCUT2D eigenvalue weighted by molar-refractivity contribution is 7.80. The first kappa shape index (κ1) is 11.7. The van der Waals surface area contributed by atoms with Gasteiger partial charge in [0.1, 0.15) is 0 Å². The van der Waals surface area contributed by atoms with Gasteiger partial charge < -0.3 is 10.2 Å². The molecule has 2 bridgehead atoms. The highest BCUT2D eigenvalue weighted by Crippen LogP contribution is 2.44. The van der Waals surface area contributed by atoms with Crippen LogP contribution >= 0.6 is 12.2 Å². The number of rotatable bonds is 1. The minimum Gasteiger partial charge on any atom is -0.359 e. The SMILES string of the molecule is S=C(NC1CC2CCC1C2)N1CCc2ccccc21. The number of benzene rings is 1. The molecular weight excluding hydrogens is 252 g/mol. The Morgan fingerprint density at radius 2 is 2.11 bits per heavy atom. The fraction of sp³-hybridized carbons (Fsp3) is 0.562. The van der Waals surface area contributed by atoms with E-state index in [-0.39, 0.29) is 0 Å². The standard InChI is InChI=1S/C16H20N2S/c19-16(17-14-10-11-5-6-13(14)9-11)18-8-7-12-3-1-2-4-15(12)18/h1-4,11,13-14H,5-10H2,(H,17,19). The van der Waals surface area contributed by atoms with Crippen molar-refractivity contribution in [2.75, 3.05) is 11.4 Å². The monoisotopic (exact) mass is 272 g/mol. The van der Waals surface area contributed by atoms with Crippen LogP contribution in [0.1, 0.15) is 31.2 Å². The van der Waals surface area contributed by atoms with Gasteiger partial charge in [-0.05, 0) is 61.4 Å². The predicted octanol–water partition coefficient (Wildman–Crippen LogP) is 3.11. The topological polar surface area (TPSA) is 15.3 Å². The Bertz CT molecular complexity index is 513. The van der Waals surface area contributed by atoms with Crippen LogP contribution in [0.4, 0.5) is 5.69 Å². The molecule has 1 aliphatic heterocycles. The lowest BCUT2D eigenvalue weighted by Gasteiger charge is -2.28. The lowest BCUT2D eigenvalue weighted by molar-refractivity contribution is 0.390. The molecular formula is C16H20N2S. The van der Waals surface area contributed by atoms with E-state index in [2.05, 4.69) is 34.5 Å². The summed E-state index contributed by atoms with van der Waals surface area (Å²) in [6.07, 6.45) is 6.73. The molecule has 4 rings (SSSR count). The normalized spacial score (nSPS) is 31.6. The molecule has 2 aliphatic carbocycles. The molecule has 3 unspecified atom stereocenters. The Morgan fingerprint density at radius 3 is 2.89 bits per heavy atom. The van der Waals surface area contributed by atoms with Crippen LogP contribution in [0.15, 0.2) is 24.3 Å². The van der Waals surface area contributed by atoms with Crippen molar-refractivity contribution in [1.29, 1.82) is 0 Å². The molecule has 2 nitrogen and oxygen atoms in total. The molecule has 0 saturated heterocycles. The fourth-order valence-electron chi connectivity index (χ4n) is 4.21. The number of para-hydroxylation sites is 1. The van der Waals surface area contributed by atoms with E-state index < -0.39 is 0 Å². The van der Waals surface area contributed by atoms with Crippen LogP contribution < -0.4 is 10.2 Å². The first-order valence-corrected chi connectivity index (χ1v) is 7.88. The first-order chi connectivity index (χ1) is 9.31. The Labute approximate surface area is 120 Å². The van der Waals surface area contributed by atoms with Gasteiger partial charge in [0.15, 0.2) is 5.11 Å². The lowest BCUT2D eigenvalue weighted by atomic mass is 9.95. The molecule has 3 atom stereocenters. The van der Waals surface area contributed by atoms with E-state index in [0.29, 0.717) is 6.04 Å². The second kappa shape index (κ2) is 4.48. The van der Waals surface area contributed by atoms with E-state index in [1.807, 2.05) is 0 Å². The van der Waals surface area contributed by atoms with Gasteiger partial charge in [-0.3, -0.25) is 0 Å². The van der Waals surface area contributed by atoms with Crippen molar-refractivity contribution >= 4 is 23.0 Å². The van der Waals surface area contributed by atoms with E-state index in [9.17, 15) is 0 Å². The molecule has 1 heterocycles. The van der Waals surface area contributed by atoms with Gasteiger partial charge in [-0.1, -0.05) is 24.6 Å². The van der Waals surface area contributed by atoms with Crippen LogP contribution in [0.5, 0.6) is 0 Å². The number of hydrogen-bond acceptors (Lipinski definition) is 1. The Hall–Kier alpha value is -1.09. The molecule has 19 heavy (non-hydrogen) atoms. The first-order valence-electron chi connectivity index (χ1n) is 7.47. The summed E-state index contributed by atoms with van der Waals surface area (Å²) >= 11 is 5.66. The molecule has 0 spiro atoms. The highest BCUT2D eigenvalue weighted by Gasteiger charge is 2.40. The van der Waals surface area contributed by atoms with Gasteiger partial charge in [0.05, 0.1) is 0 Å². The third-order valence-electron chi connectivity index (χ3n) is 5.18. The largest absolute Gasteiger partial charge is 0.359 e. The number of fused-ring (bicyclic) bond motifs is 3. The summed E-state index contributed by atoms with van der Waals surface area (Å²) in [7, 11) is 0. The second-order valence-corrected chi connectivity index (χ2v) is 6.65. The van der Waals surface area contributed by atoms with E-state index in [1.54, 1.807) is 0 Å². The molecule has 1 aromatic rings. The Kier molecular flexibility index (Phi) is 2.76. The van der Waals surface area contributed by atoms with E-state index in [4.69, 9.17) is 12.2 Å². The molecule has 1 aromatic carbocycles. The molecule has 0 radical (unpaired) electrons. The lowest BCUT2D eigenvalue weighted by Crippen LogP contribution is -2.46. The fourth-order valence-corrected chi connectivity index (χ4v) is 4.55. The van der Waals surface area contributed by atoms with Gasteiger partial charge in [0.25, 0.3) is 0 Å². The maximum absolute atomic E-state index is 5.66. The molecule has 0 amide bonds. The van der Waals surface area contributed by atoms with Crippen molar-refractivity contribution in [3.63, 3.8) is 0 Å². The molecule has 3 heteroatoms. The summed E-state index contributed by atoms with van der Waals surface area (Å²) in [5.41, 5.74) is 2.74. The number of nitrogens with zero attached hydrogens (tertiary/aromatic N) is 1. The summed E-state index contributed by atoms with van der Waals surface area (Å²) in [6.45, 7) is 1.03. The summed E-state index contributed by atoms with van der Waals surface area (Å²) in [6, 6.07) is 9.28.